The van der Waals surface area contributed by atoms with Gasteiger partial charge in [-0.25, -0.2) is 4.39 Å². The molecule has 1 aliphatic heterocycles. The van der Waals surface area contributed by atoms with Crippen molar-refractivity contribution < 1.29 is 18.7 Å². The van der Waals surface area contributed by atoms with Crippen LogP contribution in [0.1, 0.15) is 19.3 Å². The summed E-state index contributed by atoms with van der Waals surface area (Å²) in [5.74, 6) is 0.342. The molecule has 0 spiro atoms. The van der Waals surface area contributed by atoms with Crippen molar-refractivity contribution in [1.29, 1.82) is 0 Å². The van der Waals surface area contributed by atoms with Crippen molar-refractivity contribution in [1.82, 2.24) is 5.32 Å². The summed E-state index contributed by atoms with van der Waals surface area (Å²) in [5, 5.41) is 5.97. The highest BCUT2D eigenvalue weighted by atomic mass is 19.1. The molecule has 1 aromatic carbocycles. The molecule has 1 fully saturated rings. The van der Waals surface area contributed by atoms with E-state index in [-0.39, 0.29) is 11.7 Å². The zero-order chi connectivity index (χ0) is 15.2. The summed E-state index contributed by atoms with van der Waals surface area (Å²) in [5.41, 5.74) is 0.324. The first-order valence-electron chi connectivity index (χ1n) is 7.06. The van der Waals surface area contributed by atoms with E-state index in [1.807, 2.05) is 0 Å². The smallest absolute Gasteiger partial charge is 0.224 e. The zero-order valence-corrected chi connectivity index (χ0v) is 12.4. The number of amides is 1. The lowest BCUT2D eigenvalue weighted by molar-refractivity contribution is -0.116. The molecule has 0 aliphatic carbocycles. The largest absolute Gasteiger partial charge is 0.494 e. The van der Waals surface area contributed by atoms with E-state index in [2.05, 4.69) is 10.6 Å². The molecule has 1 saturated heterocycles. The van der Waals surface area contributed by atoms with Gasteiger partial charge in [-0.15, -0.1) is 0 Å². The molecule has 0 saturated carbocycles. The number of hydrogen-bond acceptors (Lipinski definition) is 4. The van der Waals surface area contributed by atoms with Crippen molar-refractivity contribution >= 4 is 11.6 Å². The van der Waals surface area contributed by atoms with Crippen molar-refractivity contribution in [2.24, 2.45) is 5.92 Å². The first-order valence-corrected chi connectivity index (χ1v) is 7.06. The highest BCUT2D eigenvalue weighted by molar-refractivity contribution is 5.92. The monoisotopic (exact) mass is 296 g/mol. The number of benzene rings is 1. The lowest BCUT2D eigenvalue weighted by Gasteiger charge is -2.13. The lowest BCUT2D eigenvalue weighted by atomic mass is 10.0. The standard InChI is InChI=1S/C15H21FN2O3/c1-20-13-8-14(21-2)12(7-11(13)16)18-15(19)4-3-10-5-6-17-9-10/h7-8,10,17H,3-6,9H2,1-2H3,(H,18,19). The van der Waals surface area contributed by atoms with Crippen LogP contribution in [-0.2, 0) is 4.79 Å². The van der Waals surface area contributed by atoms with Gasteiger partial charge in [0.1, 0.15) is 5.75 Å². The van der Waals surface area contributed by atoms with Gasteiger partial charge in [-0.05, 0) is 31.8 Å². The van der Waals surface area contributed by atoms with E-state index in [9.17, 15) is 9.18 Å². The average molecular weight is 296 g/mol. The van der Waals surface area contributed by atoms with Gasteiger partial charge in [0.15, 0.2) is 11.6 Å². The molecule has 116 valence electrons. The van der Waals surface area contributed by atoms with Crippen molar-refractivity contribution in [2.75, 3.05) is 32.6 Å². The van der Waals surface area contributed by atoms with Crippen LogP contribution >= 0.6 is 0 Å². The molecule has 1 atom stereocenters. The van der Waals surface area contributed by atoms with Gasteiger partial charge in [0, 0.05) is 18.6 Å². The van der Waals surface area contributed by atoms with Gasteiger partial charge in [0.2, 0.25) is 5.91 Å². The molecule has 5 nitrogen and oxygen atoms in total. The van der Waals surface area contributed by atoms with E-state index in [1.54, 1.807) is 0 Å². The van der Waals surface area contributed by atoms with Crippen LogP contribution in [0.5, 0.6) is 11.5 Å². The number of carbonyl (C=O) groups is 1. The molecule has 1 unspecified atom stereocenters. The van der Waals surface area contributed by atoms with Crippen LogP contribution in [0.15, 0.2) is 12.1 Å². The molecule has 1 aromatic rings. The van der Waals surface area contributed by atoms with Crippen LogP contribution in [0.25, 0.3) is 0 Å². The maximum absolute atomic E-state index is 13.7. The fourth-order valence-electron chi connectivity index (χ4n) is 2.47. The predicted octanol–water partition coefficient (Wildman–Crippen LogP) is 2.17. The van der Waals surface area contributed by atoms with Crippen LogP contribution in [0, 0.1) is 11.7 Å². The minimum absolute atomic E-state index is 0.0851. The highest BCUT2D eigenvalue weighted by Gasteiger charge is 2.17. The van der Waals surface area contributed by atoms with Crippen LogP contribution < -0.4 is 20.1 Å². The topological polar surface area (TPSA) is 59.6 Å². The molecule has 21 heavy (non-hydrogen) atoms. The zero-order valence-electron chi connectivity index (χ0n) is 12.4. The summed E-state index contributed by atoms with van der Waals surface area (Å²) >= 11 is 0. The van der Waals surface area contributed by atoms with E-state index in [0.29, 0.717) is 23.8 Å². The normalized spacial score (nSPS) is 17.6. The summed E-state index contributed by atoms with van der Waals surface area (Å²) in [6, 6.07) is 2.64. The van der Waals surface area contributed by atoms with Crippen LogP contribution in [0.3, 0.4) is 0 Å². The molecule has 0 aromatic heterocycles. The van der Waals surface area contributed by atoms with Gasteiger partial charge >= 0.3 is 0 Å². The van der Waals surface area contributed by atoms with E-state index in [1.165, 1.54) is 26.4 Å². The number of hydrogen-bond donors (Lipinski definition) is 2. The second-order valence-corrected chi connectivity index (χ2v) is 5.13. The first kappa shape index (κ1) is 15.6. The Kier molecular flexibility index (Phi) is 5.38. The van der Waals surface area contributed by atoms with Crippen molar-refractivity contribution in [3.05, 3.63) is 17.9 Å². The van der Waals surface area contributed by atoms with Gasteiger partial charge in [-0.2, -0.15) is 0 Å². The van der Waals surface area contributed by atoms with Crippen molar-refractivity contribution in [2.45, 2.75) is 19.3 Å². The van der Waals surface area contributed by atoms with Gasteiger partial charge in [0.25, 0.3) is 0 Å². The number of anilines is 1. The molecule has 2 N–H and O–H groups in total. The van der Waals surface area contributed by atoms with Crippen LogP contribution in [-0.4, -0.2) is 33.2 Å². The highest BCUT2D eigenvalue weighted by Crippen LogP contribution is 2.32. The fourth-order valence-corrected chi connectivity index (χ4v) is 2.47. The second-order valence-electron chi connectivity index (χ2n) is 5.13. The summed E-state index contributed by atoms with van der Waals surface area (Å²) < 4.78 is 23.7. The van der Waals surface area contributed by atoms with Gasteiger partial charge in [0.05, 0.1) is 19.9 Å². The third-order valence-corrected chi connectivity index (χ3v) is 3.69. The molecular weight excluding hydrogens is 275 g/mol. The third kappa shape index (κ3) is 4.07. The summed E-state index contributed by atoms with van der Waals surface area (Å²) in [6.07, 6.45) is 2.36. The Morgan fingerprint density at radius 1 is 1.38 bits per heavy atom. The molecule has 2 rings (SSSR count). The lowest BCUT2D eigenvalue weighted by Crippen LogP contribution is -2.15. The molecule has 1 heterocycles. The number of ether oxygens (including phenoxy) is 2. The number of rotatable bonds is 6. The SMILES string of the molecule is COc1cc(OC)c(NC(=O)CCC2CCNC2)cc1F. The minimum Gasteiger partial charge on any atom is -0.494 e. The maximum Gasteiger partial charge on any atom is 0.224 e. The van der Waals surface area contributed by atoms with Gasteiger partial charge in [-0.3, -0.25) is 4.79 Å². The second kappa shape index (κ2) is 7.26. The van der Waals surface area contributed by atoms with Crippen molar-refractivity contribution in [3.8, 4) is 11.5 Å². The van der Waals surface area contributed by atoms with E-state index in [4.69, 9.17) is 9.47 Å². The Labute approximate surface area is 123 Å². The van der Waals surface area contributed by atoms with Gasteiger partial charge in [-0.1, -0.05) is 0 Å². The minimum atomic E-state index is -0.534. The van der Waals surface area contributed by atoms with E-state index in [0.717, 1.165) is 25.9 Å². The summed E-state index contributed by atoms with van der Waals surface area (Å²) in [6.45, 7) is 1.98. The molecule has 1 amide bonds. The Morgan fingerprint density at radius 3 is 2.76 bits per heavy atom. The van der Waals surface area contributed by atoms with Crippen LogP contribution in [0.2, 0.25) is 0 Å². The molecule has 0 radical (unpaired) electrons. The Morgan fingerprint density at radius 2 is 2.14 bits per heavy atom. The van der Waals surface area contributed by atoms with E-state index < -0.39 is 5.82 Å². The maximum atomic E-state index is 13.7. The quantitative estimate of drug-likeness (QED) is 0.844. The molecule has 1 aliphatic rings. The van der Waals surface area contributed by atoms with Gasteiger partial charge < -0.3 is 20.1 Å². The number of carbonyl (C=O) groups excluding carboxylic acids is 1. The fraction of sp³-hybridized carbons (Fsp3) is 0.533. The predicted molar refractivity (Wildman–Crippen MR) is 78.3 cm³/mol. The Hall–Kier alpha value is -1.82. The van der Waals surface area contributed by atoms with Crippen molar-refractivity contribution in [3.63, 3.8) is 0 Å². The van der Waals surface area contributed by atoms with Crippen LogP contribution in [0.4, 0.5) is 10.1 Å². The third-order valence-electron chi connectivity index (χ3n) is 3.69. The van der Waals surface area contributed by atoms with E-state index >= 15 is 0 Å². The molecule has 6 heteroatoms. The average Bonchev–Trinajstić information content (AvgIpc) is 2.99. The summed E-state index contributed by atoms with van der Waals surface area (Å²) in [4.78, 5) is 12.0. The number of halogens is 1. The Balaban J connectivity index is 1.97. The number of nitrogens with one attached hydrogen (secondary N) is 2. The molecular formula is C15H21FN2O3. The first-order chi connectivity index (χ1) is 10.1. The molecule has 0 bridgehead atoms. The number of methoxy groups -OCH3 is 2. The summed E-state index contributed by atoms with van der Waals surface area (Å²) in [7, 11) is 2.85. The Bertz CT molecular complexity index is 502.